The van der Waals surface area contributed by atoms with Crippen molar-refractivity contribution in [3.8, 4) is 5.75 Å². The van der Waals surface area contributed by atoms with Crippen molar-refractivity contribution in [1.29, 1.82) is 0 Å². The molecule has 3 aromatic carbocycles. The van der Waals surface area contributed by atoms with Crippen molar-refractivity contribution in [3.63, 3.8) is 0 Å². The van der Waals surface area contributed by atoms with Gasteiger partial charge in [0.2, 0.25) is 0 Å². The van der Waals surface area contributed by atoms with E-state index in [-0.39, 0.29) is 11.8 Å². The second-order valence-electron chi connectivity index (χ2n) is 8.80. The first-order chi connectivity index (χ1) is 18.0. The van der Waals surface area contributed by atoms with E-state index in [1.165, 1.54) is 6.20 Å². The van der Waals surface area contributed by atoms with Crippen LogP contribution in [0.4, 0.5) is 17.2 Å². The van der Waals surface area contributed by atoms with E-state index in [2.05, 4.69) is 21.0 Å². The zero-order valence-corrected chi connectivity index (χ0v) is 20.8. The SMILES string of the molecule is COc1ccccc1C1C(C(=O)Nc2ccccc2)=C(C)Nc2c(C(=O)Nc3ccc(C)cc3)cnn21. The highest BCUT2D eigenvalue weighted by Crippen LogP contribution is 2.41. The molecular weight excluding hydrogens is 466 g/mol. The number of amides is 2. The largest absolute Gasteiger partial charge is 0.496 e. The molecule has 37 heavy (non-hydrogen) atoms. The third-order valence-corrected chi connectivity index (χ3v) is 6.29. The predicted molar refractivity (Wildman–Crippen MR) is 144 cm³/mol. The Hall–Kier alpha value is -4.85. The minimum absolute atomic E-state index is 0.279. The Balaban J connectivity index is 1.56. The standard InChI is InChI=1S/C29H27N5O3/c1-18-13-15-21(16-14-18)32-28(35)23-17-30-34-26(22-11-7-8-12-24(22)37-3)25(19(2)31-27(23)34)29(36)33-20-9-5-4-6-10-20/h4-17,26,31H,1-3H3,(H,32,35)(H,33,36). The molecular formula is C29H27N5O3. The number of aryl methyl sites for hydroxylation is 1. The number of anilines is 3. The van der Waals surface area contributed by atoms with Crippen molar-refractivity contribution in [2.75, 3.05) is 23.1 Å². The molecule has 1 atom stereocenters. The highest BCUT2D eigenvalue weighted by atomic mass is 16.5. The lowest BCUT2D eigenvalue weighted by atomic mass is 9.93. The van der Waals surface area contributed by atoms with Gasteiger partial charge in [0.25, 0.3) is 11.8 Å². The van der Waals surface area contributed by atoms with Crippen LogP contribution in [0.5, 0.6) is 5.75 Å². The first kappa shape index (κ1) is 23.9. The summed E-state index contributed by atoms with van der Waals surface area (Å²) in [6.45, 7) is 3.81. The highest BCUT2D eigenvalue weighted by Gasteiger charge is 2.36. The lowest BCUT2D eigenvalue weighted by molar-refractivity contribution is -0.113. The number of carbonyl (C=O) groups excluding carboxylic acids is 2. The van der Waals surface area contributed by atoms with Crippen LogP contribution in [0.1, 0.15) is 34.5 Å². The molecule has 2 amide bonds. The zero-order valence-electron chi connectivity index (χ0n) is 20.8. The van der Waals surface area contributed by atoms with Crippen LogP contribution in [0.25, 0.3) is 0 Å². The lowest BCUT2D eigenvalue weighted by Crippen LogP contribution is -2.32. The monoisotopic (exact) mass is 493 g/mol. The van der Waals surface area contributed by atoms with E-state index < -0.39 is 6.04 Å². The molecule has 186 valence electrons. The third kappa shape index (κ3) is 4.69. The van der Waals surface area contributed by atoms with E-state index in [0.29, 0.717) is 39.8 Å². The fourth-order valence-corrected chi connectivity index (χ4v) is 4.45. The van der Waals surface area contributed by atoms with Gasteiger partial charge in [-0.3, -0.25) is 9.59 Å². The number of fused-ring (bicyclic) bond motifs is 1. The summed E-state index contributed by atoms with van der Waals surface area (Å²) in [6, 6.07) is 23.7. The van der Waals surface area contributed by atoms with Crippen LogP contribution in [0.2, 0.25) is 0 Å². The highest BCUT2D eigenvalue weighted by molar-refractivity contribution is 6.09. The maximum atomic E-state index is 13.6. The van der Waals surface area contributed by atoms with E-state index in [1.54, 1.807) is 11.8 Å². The molecule has 3 N–H and O–H groups in total. The maximum Gasteiger partial charge on any atom is 0.261 e. The summed E-state index contributed by atoms with van der Waals surface area (Å²) in [4.78, 5) is 26.8. The van der Waals surface area contributed by atoms with Crippen LogP contribution >= 0.6 is 0 Å². The second kappa shape index (κ2) is 10.0. The van der Waals surface area contributed by atoms with Gasteiger partial charge in [-0.05, 0) is 44.2 Å². The number of hydrogen-bond donors (Lipinski definition) is 3. The normalized spacial score (nSPS) is 14.4. The van der Waals surface area contributed by atoms with Gasteiger partial charge in [-0.25, -0.2) is 4.68 Å². The molecule has 4 aromatic rings. The first-order valence-electron chi connectivity index (χ1n) is 11.9. The van der Waals surface area contributed by atoms with Crippen molar-refractivity contribution in [2.24, 2.45) is 0 Å². The Bertz CT molecular complexity index is 1490. The third-order valence-electron chi connectivity index (χ3n) is 6.29. The van der Waals surface area contributed by atoms with Crippen molar-refractivity contribution < 1.29 is 14.3 Å². The average Bonchev–Trinajstić information content (AvgIpc) is 3.33. The van der Waals surface area contributed by atoms with Crippen LogP contribution in [0.15, 0.2) is 96.3 Å². The second-order valence-corrected chi connectivity index (χ2v) is 8.80. The van der Waals surface area contributed by atoms with Crippen molar-refractivity contribution in [1.82, 2.24) is 9.78 Å². The molecule has 1 aliphatic rings. The summed E-state index contributed by atoms with van der Waals surface area (Å²) >= 11 is 0. The summed E-state index contributed by atoms with van der Waals surface area (Å²) in [5, 5.41) is 13.7. The van der Waals surface area contributed by atoms with E-state index in [9.17, 15) is 9.59 Å². The Morgan fingerprint density at radius 2 is 1.51 bits per heavy atom. The van der Waals surface area contributed by atoms with Gasteiger partial charge in [-0.1, -0.05) is 54.1 Å². The number of allylic oxidation sites excluding steroid dienone is 1. The number of nitrogens with one attached hydrogen (secondary N) is 3. The van der Waals surface area contributed by atoms with Crippen molar-refractivity contribution in [2.45, 2.75) is 19.9 Å². The van der Waals surface area contributed by atoms with Gasteiger partial charge >= 0.3 is 0 Å². The molecule has 0 saturated heterocycles. The van der Waals surface area contributed by atoms with E-state index >= 15 is 0 Å². The molecule has 8 nitrogen and oxygen atoms in total. The molecule has 2 heterocycles. The molecule has 0 saturated carbocycles. The summed E-state index contributed by atoms with van der Waals surface area (Å²) < 4.78 is 7.30. The Morgan fingerprint density at radius 1 is 0.865 bits per heavy atom. The molecule has 0 bridgehead atoms. The van der Waals surface area contributed by atoms with Crippen molar-refractivity contribution in [3.05, 3.63) is 113 Å². The zero-order chi connectivity index (χ0) is 25.9. The number of methoxy groups -OCH3 is 1. The number of hydrogen-bond acceptors (Lipinski definition) is 5. The minimum atomic E-state index is -0.628. The van der Waals surface area contributed by atoms with Crippen LogP contribution < -0.4 is 20.7 Å². The van der Waals surface area contributed by atoms with Gasteiger partial charge in [0.15, 0.2) is 0 Å². The summed E-state index contributed by atoms with van der Waals surface area (Å²) in [5.41, 5.74) is 4.65. The molecule has 1 aromatic heterocycles. The Morgan fingerprint density at radius 3 is 2.24 bits per heavy atom. The van der Waals surface area contributed by atoms with Crippen LogP contribution in [-0.2, 0) is 4.79 Å². The number of para-hydroxylation sites is 2. The van der Waals surface area contributed by atoms with Crippen molar-refractivity contribution >= 4 is 29.0 Å². The van der Waals surface area contributed by atoms with Gasteiger partial charge < -0.3 is 20.7 Å². The molecule has 5 rings (SSSR count). The van der Waals surface area contributed by atoms with E-state index in [0.717, 1.165) is 11.1 Å². The fourth-order valence-electron chi connectivity index (χ4n) is 4.45. The van der Waals surface area contributed by atoms with Gasteiger partial charge in [-0.2, -0.15) is 5.10 Å². The number of carbonyl (C=O) groups is 2. The number of nitrogens with zero attached hydrogens (tertiary/aromatic N) is 2. The van der Waals surface area contributed by atoms with E-state index in [4.69, 9.17) is 4.74 Å². The molecule has 1 aliphatic heterocycles. The topological polar surface area (TPSA) is 97.3 Å². The molecule has 0 radical (unpaired) electrons. The lowest BCUT2D eigenvalue weighted by Gasteiger charge is -2.31. The van der Waals surface area contributed by atoms with Gasteiger partial charge in [0.1, 0.15) is 23.2 Å². The smallest absolute Gasteiger partial charge is 0.261 e. The maximum absolute atomic E-state index is 13.6. The van der Waals surface area contributed by atoms with Gasteiger partial charge in [0, 0.05) is 22.6 Å². The number of ether oxygens (including phenoxy) is 1. The molecule has 0 spiro atoms. The molecule has 1 unspecified atom stereocenters. The number of aromatic nitrogens is 2. The molecule has 8 heteroatoms. The van der Waals surface area contributed by atoms with Gasteiger partial charge in [0.05, 0.1) is 18.9 Å². The predicted octanol–water partition coefficient (Wildman–Crippen LogP) is 5.38. The van der Waals surface area contributed by atoms with Crippen LogP contribution in [0.3, 0.4) is 0 Å². The minimum Gasteiger partial charge on any atom is -0.496 e. The fraction of sp³-hybridized carbons (Fsp3) is 0.138. The summed E-state index contributed by atoms with van der Waals surface area (Å²) in [5.74, 6) is 0.522. The van der Waals surface area contributed by atoms with Crippen LogP contribution in [-0.4, -0.2) is 28.7 Å². The summed E-state index contributed by atoms with van der Waals surface area (Å²) in [7, 11) is 1.59. The van der Waals surface area contributed by atoms with Gasteiger partial charge in [-0.15, -0.1) is 0 Å². The number of rotatable bonds is 6. The Labute approximate surface area is 215 Å². The average molecular weight is 494 g/mol. The summed E-state index contributed by atoms with van der Waals surface area (Å²) in [6.07, 6.45) is 1.51. The molecule has 0 aliphatic carbocycles. The first-order valence-corrected chi connectivity index (χ1v) is 11.9. The van der Waals surface area contributed by atoms with Crippen LogP contribution in [0, 0.1) is 6.92 Å². The Kier molecular flexibility index (Phi) is 6.47. The molecule has 0 fully saturated rings. The number of benzene rings is 3. The quantitative estimate of drug-likeness (QED) is 0.335. The van der Waals surface area contributed by atoms with E-state index in [1.807, 2.05) is 92.7 Å².